The van der Waals surface area contributed by atoms with Gasteiger partial charge in [0.15, 0.2) is 5.84 Å². The number of amidine groups is 1. The van der Waals surface area contributed by atoms with E-state index in [1.807, 2.05) is 71.3 Å². The van der Waals surface area contributed by atoms with Crippen LogP contribution in [0.1, 0.15) is 62.7 Å². The van der Waals surface area contributed by atoms with Crippen molar-refractivity contribution in [2.45, 2.75) is 71.8 Å². The zero-order valence-corrected chi connectivity index (χ0v) is 22.8. The highest BCUT2D eigenvalue weighted by Crippen LogP contribution is 2.41. The summed E-state index contributed by atoms with van der Waals surface area (Å²) < 4.78 is 5.53. The van der Waals surface area contributed by atoms with Gasteiger partial charge >= 0.3 is 0 Å². The molecule has 3 aromatic rings. The zero-order valence-electron chi connectivity index (χ0n) is 22.0. The number of amides is 1. The lowest BCUT2D eigenvalue weighted by Crippen LogP contribution is -2.52. The molecule has 10 heteroatoms. The Labute approximate surface area is 220 Å². The summed E-state index contributed by atoms with van der Waals surface area (Å²) in [5, 5.41) is 14.6. The van der Waals surface area contributed by atoms with Crippen LogP contribution in [0.5, 0.6) is 0 Å². The summed E-state index contributed by atoms with van der Waals surface area (Å²) in [5.74, 6) is 0.405. The van der Waals surface area contributed by atoms with E-state index < -0.39 is 29.2 Å². The van der Waals surface area contributed by atoms with Gasteiger partial charge in [-0.25, -0.2) is 20.3 Å². The Morgan fingerprint density at radius 3 is 2.54 bits per heavy atom. The fourth-order valence-electron chi connectivity index (χ4n) is 5.21. The Bertz CT molecular complexity index is 1330. The number of aliphatic hydroxyl groups excluding tert-OH is 1. The van der Waals surface area contributed by atoms with Crippen molar-refractivity contribution in [2.24, 2.45) is 10.4 Å². The van der Waals surface area contributed by atoms with Gasteiger partial charge in [-0.1, -0.05) is 50.2 Å². The predicted molar refractivity (Wildman–Crippen MR) is 141 cm³/mol. The van der Waals surface area contributed by atoms with Crippen molar-refractivity contribution in [3.63, 3.8) is 0 Å². The highest BCUT2D eigenvalue weighted by molar-refractivity contribution is 7.13. The minimum atomic E-state index is -1.07. The average molecular weight is 524 g/mol. The molecule has 5 rings (SSSR count). The van der Waals surface area contributed by atoms with Gasteiger partial charge in [0.1, 0.15) is 11.7 Å². The lowest BCUT2D eigenvalue weighted by atomic mass is 9.78. The first kappa shape index (κ1) is 25.6. The fraction of sp³-hybridized carbons (Fsp3) is 0.481. The molecule has 2 aromatic heterocycles. The number of carbonyl (C=O) groups excluding carboxylic acids is 1. The van der Waals surface area contributed by atoms with E-state index in [4.69, 9.17) is 14.4 Å². The summed E-state index contributed by atoms with van der Waals surface area (Å²) >= 11 is 1.61. The van der Waals surface area contributed by atoms with Crippen LogP contribution in [0, 0.1) is 19.3 Å². The minimum Gasteiger partial charge on any atom is -0.391 e. The molecular formula is C27H33N5O4S. The van der Waals surface area contributed by atoms with Gasteiger partial charge in [-0.3, -0.25) is 4.79 Å². The largest absolute Gasteiger partial charge is 0.391 e. The number of benzene rings is 1. The zero-order chi connectivity index (χ0) is 26.5. The van der Waals surface area contributed by atoms with Crippen molar-refractivity contribution >= 4 is 23.1 Å². The number of aliphatic hydroxyl groups is 1. The van der Waals surface area contributed by atoms with Crippen LogP contribution >= 0.6 is 11.3 Å². The third kappa shape index (κ3) is 4.81. The summed E-state index contributed by atoms with van der Waals surface area (Å²) in [7, 11) is 0. The third-order valence-electron chi connectivity index (χ3n) is 7.08. The molecule has 0 bridgehead atoms. The number of likely N-dealkylation sites (tertiary alicyclic amines) is 1. The number of aromatic nitrogens is 2. The number of thiazole rings is 1. The van der Waals surface area contributed by atoms with E-state index in [2.05, 4.69) is 15.6 Å². The van der Waals surface area contributed by atoms with Crippen LogP contribution in [0.2, 0.25) is 0 Å². The molecule has 1 amide bonds. The van der Waals surface area contributed by atoms with Gasteiger partial charge in [-0.05, 0) is 31.7 Å². The number of rotatable bonds is 5. The minimum absolute atomic E-state index is 0.136. The number of nitrogens with zero attached hydrogens (tertiary/aromatic N) is 4. The van der Waals surface area contributed by atoms with Gasteiger partial charge in [0.25, 0.3) is 0 Å². The summed E-state index contributed by atoms with van der Waals surface area (Å²) in [6.07, 6.45) is -0.316. The normalized spacial score (nSPS) is 24.7. The maximum Gasteiger partial charge on any atom is 0.234 e. The maximum atomic E-state index is 14.0. The van der Waals surface area contributed by atoms with E-state index in [-0.39, 0.29) is 12.5 Å². The van der Waals surface area contributed by atoms with Crippen LogP contribution in [0.4, 0.5) is 0 Å². The molecule has 1 fully saturated rings. The number of nitrogens with one attached hydrogen (secondary N) is 1. The average Bonchev–Trinajstić information content (AvgIpc) is 3.62. The summed E-state index contributed by atoms with van der Waals surface area (Å²) in [5.41, 5.74) is 7.00. The molecular weight excluding hydrogens is 490 g/mol. The molecule has 2 N–H and O–H groups in total. The van der Waals surface area contributed by atoms with Crippen molar-refractivity contribution in [3.8, 4) is 10.4 Å². The van der Waals surface area contributed by atoms with E-state index in [0.29, 0.717) is 18.0 Å². The van der Waals surface area contributed by atoms with Crippen molar-refractivity contribution in [2.75, 3.05) is 6.54 Å². The molecule has 0 saturated carbocycles. The molecule has 2 aliphatic rings. The number of aliphatic imine (C=N–C) groups is 1. The summed E-state index contributed by atoms with van der Waals surface area (Å²) in [4.78, 5) is 32.0. The fourth-order valence-corrected chi connectivity index (χ4v) is 6.02. The Hall–Kier alpha value is -3.08. The van der Waals surface area contributed by atoms with Crippen molar-refractivity contribution in [3.05, 3.63) is 58.6 Å². The Morgan fingerprint density at radius 2 is 1.95 bits per heavy atom. The lowest BCUT2D eigenvalue weighted by molar-refractivity contribution is -0.146. The molecule has 1 saturated heterocycles. The number of hydrogen-bond acceptors (Lipinski definition) is 9. The van der Waals surface area contributed by atoms with Gasteiger partial charge in [0, 0.05) is 24.6 Å². The van der Waals surface area contributed by atoms with Crippen LogP contribution in [-0.2, 0) is 9.63 Å². The van der Waals surface area contributed by atoms with Crippen molar-refractivity contribution < 1.29 is 19.3 Å². The smallest absolute Gasteiger partial charge is 0.234 e. The van der Waals surface area contributed by atoms with Crippen molar-refractivity contribution in [1.82, 2.24) is 20.5 Å². The second-order valence-corrected chi connectivity index (χ2v) is 12.0. The van der Waals surface area contributed by atoms with Gasteiger partial charge < -0.3 is 14.5 Å². The van der Waals surface area contributed by atoms with Gasteiger partial charge in [0.05, 0.1) is 33.9 Å². The van der Waals surface area contributed by atoms with Crippen LogP contribution < -0.4 is 5.48 Å². The Kier molecular flexibility index (Phi) is 6.45. The first-order chi connectivity index (χ1) is 17.5. The number of hydrogen-bond donors (Lipinski definition) is 2. The monoisotopic (exact) mass is 523 g/mol. The molecule has 4 heterocycles. The van der Waals surface area contributed by atoms with Crippen LogP contribution in [0.25, 0.3) is 10.4 Å². The second-order valence-electron chi connectivity index (χ2n) is 11.1. The molecule has 37 heavy (non-hydrogen) atoms. The summed E-state index contributed by atoms with van der Waals surface area (Å²) in [6.45, 7) is 11.9. The lowest BCUT2D eigenvalue weighted by Gasteiger charge is -2.37. The van der Waals surface area contributed by atoms with E-state index in [1.165, 1.54) is 0 Å². The third-order valence-corrected chi connectivity index (χ3v) is 8.06. The molecule has 4 atom stereocenters. The number of hydroxylamine groups is 1. The highest BCUT2D eigenvalue weighted by atomic mass is 32.1. The SMILES string of the molecule is Cc1cc([C@H](C(=O)N2C[C@H](O)C[C@H]2C2(C)N=C(c3ccc(-c4scnc4C)cc3)NO2)C(C)(C)C)on1. The van der Waals surface area contributed by atoms with E-state index >= 15 is 0 Å². The van der Waals surface area contributed by atoms with Gasteiger partial charge in [-0.15, -0.1) is 11.3 Å². The molecule has 1 unspecified atom stereocenters. The van der Waals surface area contributed by atoms with Crippen LogP contribution in [-0.4, -0.2) is 56.3 Å². The molecule has 0 aliphatic carbocycles. The number of β-amino-alcohol motifs (C(OH)–C–C–N with tert-alkyl or cyclic N) is 1. The number of aryl methyl sites for hydroxylation is 2. The molecule has 2 aliphatic heterocycles. The first-order valence-electron chi connectivity index (χ1n) is 12.4. The van der Waals surface area contributed by atoms with Crippen LogP contribution in [0.15, 0.2) is 45.4 Å². The van der Waals surface area contributed by atoms with Crippen molar-refractivity contribution in [1.29, 1.82) is 0 Å². The van der Waals surface area contributed by atoms with Gasteiger partial charge in [-0.2, -0.15) is 0 Å². The van der Waals surface area contributed by atoms with E-state index in [0.717, 1.165) is 27.4 Å². The van der Waals surface area contributed by atoms with Crippen LogP contribution in [0.3, 0.4) is 0 Å². The molecule has 0 radical (unpaired) electrons. The maximum absolute atomic E-state index is 14.0. The Morgan fingerprint density at radius 1 is 1.24 bits per heavy atom. The molecule has 9 nitrogen and oxygen atoms in total. The number of carbonyl (C=O) groups is 1. The van der Waals surface area contributed by atoms with E-state index in [9.17, 15) is 9.90 Å². The first-order valence-corrected chi connectivity index (χ1v) is 13.3. The Balaban J connectivity index is 1.42. The molecule has 1 aromatic carbocycles. The highest BCUT2D eigenvalue weighted by Gasteiger charge is 2.52. The summed E-state index contributed by atoms with van der Waals surface area (Å²) in [6, 6.07) is 9.40. The predicted octanol–water partition coefficient (Wildman–Crippen LogP) is 4.20. The van der Waals surface area contributed by atoms with E-state index in [1.54, 1.807) is 22.3 Å². The quantitative estimate of drug-likeness (QED) is 0.515. The molecule has 196 valence electrons. The topological polar surface area (TPSA) is 113 Å². The van der Waals surface area contributed by atoms with Gasteiger partial charge in [0.2, 0.25) is 11.6 Å². The second kappa shape index (κ2) is 9.34. The molecule has 0 spiro atoms. The standard InChI is InChI=1S/C27H33N5O4S/c1-15-11-20(35-30-15)22(26(3,4)5)25(34)32-13-19(33)12-21(32)27(6)29-24(31-36-27)18-9-7-17(8-10-18)23-16(2)28-14-37-23/h7-11,14,19,21-22,33H,12-13H2,1-6H3,(H,29,31)/t19-,21+,22-,27?/m1/s1.